The number of anilines is 3. The van der Waals surface area contributed by atoms with Gasteiger partial charge in [-0.1, -0.05) is 56.3 Å². The number of nitrogen functional groups attached to an aromatic ring is 1. The molecule has 2 aliphatic rings. The van der Waals surface area contributed by atoms with Gasteiger partial charge in [0, 0.05) is 36.1 Å². The van der Waals surface area contributed by atoms with Gasteiger partial charge in [0.05, 0.1) is 5.69 Å². The third-order valence-electron chi connectivity index (χ3n) is 8.42. The molecule has 212 valence electrons. The zero-order chi connectivity index (χ0) is 28.3. The second-order valence-electron chi connectivity index (χ2n) is 10.8. The van der Waals surface area contributed by atoms with Gasteiger partial charge >= 0.3 is 0 Å². The molecule has 2 aromatic heterocycles. The van der Waals surface area contributed by atoms with Crippen LogP contribution in [0.15, 0.2) is 60.7 Å². The Bertz CT molecular complexity index is 1540. The van der Waals surface area contributed by atoms with E-state index in [0.717, 1.165) is 67.9 Å². The Balaban J connectivity index is 1.17. The van der Waals surface area contributed by atoms with Crippen LogP contribution in [0.25, 0.3) is 22.8 Å². The molecule has 1 fully saturated rings. The van der Waals surface area contributed by atoms with Gasteiger partial charge in [0.15, 0.2) is 5.82 Å². The van der Waals surface area contributed by atoms with Crippen LogP contribution >= 0.6 is 0 Å². The predicted molar refractivity (Wildman–Crippen MR) is 165 cm³/mol. The van der Waals surface area contributed by atoms with Crippen molar-refractivity contribution in [1.29, 1.82) is 0 Å². The Morgan fingerprint density at radius 2 is 1.83 bits per heavy atom. The number of fused-ring (bicyclic) bond motifs is 3. The van der Waals surface area contributed by atoms with Crippen molar-refractivity contribution in [2.24, 2.45) is 0 Å². The summed E-state index contributed by atoms with van der Waals surface area (Å²) in [5.41, 5.74) is 14.2. The average molecular weight is 550 g/mol. The number of likely N-dealkylation sites (N-methyl/N-ethyl adjacent to an activating group) is 1. The van der Waals surface area contributed by atoms with E-state index in [-0.39, 0.29) is 5.95 Å². The van der Waals surface area contributed by atoms with Crippen molar-refractivity contribution in [3.63, 3.8) is 0 Å². The van der Waals surface area contributed by atoms with Crippen molar-refractivity contribution in [3.8, 4) is 17.1 Å². The molecule has 3 N–H and O–H groups in total. The van der Waals surface area contributed by atoms with E-state index >= 15 is 0 Å². The number of allylic oxidation sites excluding steroid dienone is 1. The number of hydrogen-bond acceptors (Lipinski definition) is 8. The standard InChI is InChI=1S/C32H39N9/c1-4-28(40-19-18-26(21-40)39(5-2)6-3)23-14-16-25(17-15-23)34-32-35-31(33)41(38-32)29-20-24-12-9-11-22-10-7-8-13-27(22)30(24)37-36-29/h4,7-8,10,13-17,20,26H,5-6,9,11-12,18-19,21H2,1-3H3,(H3,33,34,35,38)/b28-4+. The van der Waals surface area contributed by atoms with Crippen molar-refractivity contribution < 1.29 is 0 Å². The Hall–Kier alpha value is -4.24. The van der Waals surface area contributed by atoms with Crippen LogP contribution in [0.5, 0.6) is 0 Å². The normalized spacial score (nSPS) is 16.9. The minimum atomic E-state index is 0.264. The summed E-state index contributed by atoms with van der Waals surface area (Å²) < 4.78 is 1.55. The van der Waals surface area contributed by atoms with E-state index in [2.05, 4.69) is 111 Å². The number of aromatic nitrogens is 5. The van der Waals surface area contributed by atoms with Crippen LogP contribution in [0.1, 0.15) is 50.3 Å². The molecule has 0 bridgehead atoms. The Kier molecular flexibility index (Phi) is 7.69. The summed E-state index contributed by atoms with van der Waals surface area (Å²) in [6.07, 6.45) is 6.45. The molecule has 1 unspecified atom stereocenters. The molecule has 1 saturated heterocycles. The van der Waals surface area contributed by atoms with Crippen molar-refractivity contribution in [3.05, 3.63) is 77.4 Å². The third-order valence-corrected chi connectivity index (χ3v) is 8.42. The molecule has 0 amide bonds. The van der Waals surface area contributed by atoms with Gasteiger partial charge in [0.2, 0.25) is 11.9 Å². The molecule has 2 aromatic carbocycles. The van der Waals surface area contributed by atoms with E-state index in [1.54, 1.807) is 4.68 Å². The van der Waals surface area contributed by atoms with Crippen LogP contribution in [0.2, 0.25) is 0 Å². The second kappa shape index (κ2) is 11.7. The SMILES string of the molecule is C/C=C(\c1ccc(Nc2nc(N)n(-c3cc4c(nn3)-c3ccccc3CCC4)n2)cc1)N1CCC(N(CC)CC)C1. The molecule has 1 atom stereocenters. The molecular formula is C32H39N9. The summed E-state index contributed by atoms with van der Waals surface area (Å²) >= 11 is 0. The van der Waals surface area contributed by atoms with Gasteiger partial charge in [-0.25, -0.2) is 0 Å². The fourth-order valence-corrected chi connectivity index (χ4v) is 6.31. The van der Waals surface area contributed by atoms with E-state index in [1.165, 1.54) is 23.2 Å². The second-order valence-corrected chi connectivity index (χ2v) is 10.8. The molecule has 41 heavy (non-hydrogen) atoms. The van der Waals surface area contributed by atoms with Crippen molar-refractivity contribution in [1.82, 2.24) is 34.8 Å². The molecule has 0 saturated carbocycles. The molecule has 4 aromatic rings. The summed E-state index contributed by atoms with van der Waals surface area (Å²) in [5.74, 6) is 1.26. The first kappa shape index (κ1) is 27.0. The zero-order valence-corrected chi connectivity index (χ0v) is 24.2. The third kappa shape index (κ3) is 5.41. The summed E-state index contributed by atoms with van der Waals surface area (Å²) in [4.78, 5) is 9.53. The molecule has 9 nitrogen and oxygen atoms in total. The van der Waals surface area contributed by atoms with Gasteiger partial charge in [-0.3, -0.25) is 4.90 Å². The lowest BCUT2D eigenvalue weighted by molar-refractivity contribution is 0.223. The number of nitrogens with two attached hydrogens (primary N) is 1. The number of nitrogens with one attached hydrogen (secondary N) is 1. The lowest BCUT2D eigenvalue weighted by Gasteiger charge is -2.27. The first-order valence-electron chi connectivity index (χ1n) is 14.8. The van der Waals surface area contributed by atoms with E-state index in [0.29, 0.717) is 17.8 Å². The average Bonchev–Trinajstić information content (AvgIpc) is 3.57. The largest absolute Gasteiger partial charge is 0.370 e. The van der Waals surface area contributed by atoms with Crippen molar-refractivity contribution >= 4 is 23.3 Å². The number of rotatable bonds is 8. The molecule has 3 heterocycles. The van der Waals surface area contributed by atoms with Gasteiger partial charge in [-0.05, 0) is 80.6 Å². The molecule has 9 heteroatoms. The van der Waals surface area contributed by atoms with Crippen LogP contribution in [0.4, 0.5) is 17.6 Å². The van der Waals surface area contributed by atoms with E-state index in [4.69, 9.17) is 5.73 Å². The smallest absolute Gasteiger partial charge is 0.248 e. The van der Waals surface area contributed by atoms with Gasteiger partial charge in [0.1, 0.15) is 0 Å². The molecular weight excluding hydrogens is 510 g/mol. The Morgan fingerprint density at radius 1 is 1.05 bits per heavy atom. The molecule has 6 rings (SSSR count). The van der Waals surface area contributed by atoms with Gasteiger partial charge in [0.25, 0.3) is 0 Å². The molecule has 1 aliphatic heterocycles. The Labute approximate surface area is 242 Å². The monoisotopic (exact) mass is 549 g/mol. The van der Waals surface area contributed by atoms with Crippen LogP contribution in [-0.2, 0) is 12.8 Å². The molecule has 1 aliphatic carbocycles. The number of aryl methyl sites for hydroxylation is 2. The fourth-order valence-electron chi connectivity index (χ4n) is 6.31. The lowest BCUT2D eigenvalue weighted by Crippen LogP contribution is -2.37. The predicted octanol–water partition coefficient (Wildman–Crippen LogP) is 5.32. The molecule has 0 radical (unpaired) electrons. The van der Waals surface area contributed by atoms with Gasteiger partial charge < -0.3 is 16.0 Å². The molecule has 0 spiro atoms. The maximum atomic E-state index is 6.28. The van der Waals surface area contributed by atoms with Crippen molar-refractivity contribution in [2.45, 2.75) is 52.5 Å². The maximum Gasteiger partial charge on any atom is 0.248 e. The minimum Gasteiger partial charge on any atom is -0.370 e. The highest BCUT2D eigenvalue weighted by molar-refractivity contribution is 5.69. The number of likely N-dealkylation sites (tertiary alicyclic amines) is 1. The van der Waals surface area contributed by atoms with Gasteiger partial charge in [-0.15, -0.1) is 15.3 Å². The van der Waals surface area contributed by atoms with E-state index < -0.39 is 0 Å². The maximum absolute atomic E-state index is 6.28. The van der Waals surface area contributed by atoms with E-state index in [1.807, 2.05) is 6.07 Å². The highest BCUT2D eigenvalue weighted by atomic mass is 15.4. The summed E-state index contributed by atoms with van der Waals surface area (Å²) in [6.45, 7) is 11.0. The van der Waals surface area contributed by atoms with Crippen molar-refractivity contribution in [2.75, 3.05) is 37.2 Å². The summed E-state index contributed by atoms with van der Waals surface area (Å²) in [5, 5.41) is 17.0. The highest BCUT2D eigenvalue weighted by Gasteiger charge is 2.27. The topological polar surface area (TPSA) is 101 Å². The minimum absolute atomic E-state index is 0.264. The zero-order valence-electron chi connectivity index (χ0n) is 24.2. The first-order valence-corrected chi connectivity index (χ1v) is 14.8. The highest BCUT2D eigenvalue weighted by Crippen LogP contribution is 2.32. The van der Waals surface area contributed by atoms with Crippen LogP contribution < -0.4 is 11.1 Å². The summed E-state index contributed by atoms with van der Waals surface area (Å²) in [6, 6.07) is 19.5. The number of benzene rings is 2. The number of nitrogens with zero attached hydrogens (tertiary/aromatic N) is 7. The van der Waals surface area contributed by atoms with Gasteiger partial charge in [-0.2, -0.15) is 9.67 Å². The van der Waals surface area contributed by atoms with Crippen LogP contribution in [-0.4, -0.2) is 67.0 Å². The lowest BCUT2D eigenvalue weighted by atomic mass is 10.0. The summed E-state index contributed by atoms with van der Waals surface area (Å²) in [7, 11) is 0. The quantitative estimate of drug-likeness (QED) is 0.305. The Morgan fingerprint density at radius 3 is 2.61 bits per heavy atom. The van der Waals surface area contributed by atoms with Crippen LogP contribution in [0, 0.1) is 0 Å². The van der Waals surface area contributed by atoms with Crippen LogP contribution in [0.3, 0.4) is 0 Å². The first-order chi connectivity index (χ1) is 20.1. The van der Waals surface area contributed by atoms with E-state index in [9.17, 15) is 0 Å². The number of hydrogen-bond donors (Lipinski definition) is 2. The fraction of sp³-hybridized carbons (Fsp3) is 0.375.